The van der Waals surface area contributed by atoms with Gasteiger partial charge in [-0.2, -0.15) is 13.2 Å². The van der Waals surface area contributed by atoms with E-state index >= 15 is 0 Å². The molecule has 1 atom stereocenters. The molecule has 0 aromatic heterocycles. The minimum absolute atomic E-state index is 0.0325. The zero-order chi connectivity index (χ0) is 14.8. The third-order valence-corrected chi connectivity index (χ3v) is 4.03. The average molecular weight is 304 g/mol. The lowest BCUT2D eigenvalue weighted by molar-refractivity contribution is -0.137. The van der Waals surface area contributed by atoms with Gasteiger partial charge in [0, 0.05) is 25.2 Å². The molecule has 0 aliphatic carbocycles. The van der Waals surface area contributed by atoms with Crippen molar-refractivity contribution >= 4 is 17.7 Å². The number of thioether (sulfide) groups is 1. The van der Waals surface area contributed by atoms with Crippen LogP contribution in [0.25, 0.3) is 0 Å². The zero-order valence-corrected chi connectivity index (χ0v) is 11.7. The molecule has 110 valence electrons. The number of nitrogens with one attached hydrogen (secondary N) is 1. The minimum Gasteiger partial charge on any atom is -0.340 e. The lowest BCUT2D eigenvalue weighted by atomic mass is 10.1. The third kappa shape index (κ3) is 3.67. The number of carbonyl (C=O) groups excluding carboxylic acids is 1. The predicted molar refractivity (Wildman–Crippen MR) is 72.2 cm³/mol. The van der Waals surface area contributed by atoms with E-state index in [0.717, 1.165) is 23.8 Å². The Hall–Kier alpha value is -1.21. The van der Waals surface area contributed by atoms with E-state index in [1.54, 1.807) is 18.8 Å². The summed E-state index contributed by atoms with van der Waals surface area (Å²) in [6, 6.07) is 4.70. The maximum atomic E-state index is 12.4. The van der Waals surface area contributed by atoms with Crippen molar-refractivity contribution in [2.24, 2.45) is 0 Å². The monoisotopic (exact) mass is 304 g/mol. The van der Waals surface area contributed by atoms with E-state index in [2.05, 4.69) is 5.32 Å². The van der Waals surface area contributed by atoms with Gasteiger partial charge in [-0.3, -0.25) is 10.1 Å². The van der Waals surface area contributed by atoms with Crippen LogP contribution in [0, 0.1) is 0 Å². The van der Waals surface area contributed by atoms with Crippen molar-refractivity contribution < 1.29 is 18.0 Å². The molecule has 1 aromatic carbocycles. The number of halogens is 3. The van der Waals surface area contributed by atoms with Gasteiger partial charge in [-0.1, -0.05) is 12.1 Å². The van der Waals surface area contributed by atoms with Crippen LogP contribution >= 0.6 is 11.8 Å². The number of benzene rings is 1. The molecule has 0 saturated carbocycles. The molecule has 0 radical (unpaired) electrons. The van der Waals surface area contributed by atoms with Crippen LogP contribution in [0.2, 0.25) is 0 Å². The Morgan fingerprint density at radius 1 is 1.40 bits per heavy atom. The van der Waals surface area contributed by atoms with E-state index in [0.29, 0.717) is 12.1 Å². The quantitative estimate of drug-likeness (QED) is 0.930. The molecule has 1 heterocycles. The second kappa shape index (κ2) is 6.05. The minimum atomic E-state index is -4.33. The Morgan fingerprint density at radius 2 is 2.05 bits per heavy atom. The number of nitrogens with zero attached hydrogens (tertiary/aromatic N) is 1. The van der Waals surface area contributed by atoms with Gasteiger partial charge in [0.25, 0.3) is 0 Å². The van der Waals surface area contributed by atoms with Crippen molar-refractivity contribution in [2.45, 2.75) is 18.8 Å². The molecule has 2 rings (SSSR count). The summed E-state index contributed by atoms with van der Waals surface area (Å²) >= 11 is 1.66. The first kappa shape index (κ1) is 15.2. The molecule has 1 aliphatic rings. The molecule has 0 spiro atoms. The molecule has 1 saturated heterocycles. The summed E-state index contributed by atoms with van der Waals surface area (Å²) in [5.41, 5.74) is 0.00332. The normalized spacial score (nSPS) is 19.1. The topological polar surface area (TPSA) is 32.3 Å². The number of likely N-dealkylation sites (N-methyl/N-ethyl adjacent to an activating group) is 1. The van der Waals surface area contributed by atoms with Crippen LogP contribution in [0.5, 0.6) is 0 Å². The summed E-state index contributed by atoms with van der Waals surface area (Å²) < 4.78 is 37.3. The van der Waals surface area contributed by atoms with Crippen LogP contribution < -0.4 is 5.32 Å². The number of carbonyl (C=O) groups is 1. The molecular formula is C13H15F3N2OS. The summed E-state index contributed by atoms with van der Waals surface area (Å²) in [6.07, 6.45) is -4.33. The van der Waals surface area contributed by atoms with E-state index in [1.807, 2.05) is 0 Å². The largest absolute Gasteiger partial charge is 0.416 e. The van der Waals surface area contributed by atoms with Gasteiger partial charge < -0.3 is 4.90 Å². The molecule has 1 unspecified atom stereocenters. The van der Waals surface area contributed by atoms with Gasteiger partial charge >= 0.3 is 6.18 Å². The van der Waals surface area contributed by atoms with Gasteiger partial charge in [0.1, 0.15) is 0 Å². The first-order valence-corrected chi connectivity index (χ1v) is 7.25. The summed E-state index contributed by atoms with van der Waals surface area (Å²) in [7, 11) is 1.66. The molecular weight excluding hydrogens is 289 g/mol. The second-order valence-electron chi connectivity index (χ2n) is 4.66. The number of amides is 1. The van der Waals surface area contributed by atoms with Gasteiger partial charge in [0.2, 0.25) is 5.91 Å². The van der Waals surface area contributed by atoms with Gasteiger partial charge in [-0.15, -0.1) is 11.8 Å². The van der Waals surface area contributed by atoms with Gasteiger partial charge in [-0.05, 0) is 17.7 Å². The van der Waals surface area contributed by atoms with Crippen LogP contribution in [0.1, 0.15) is 11.1 Å². The highest BCUT2D eigenvalue weighted by Gasteiger charge is 2.30. The molecule has 1 fully saturated rings. The summed E-state index contributed by atoms with van der Waals surface area (Å²) in [4.78, 5) is 13.6. The standard InChI is InChI=1S/C13H15F3N2OS/c1-18(12(19)11-7-20-8-17-11)6-9-2-4-10(5-3-9)13(14,15)16/h2-5,11,17H,6-8H2,1H3. The first-order chi connectivity index (χ1) is 9.38. The maximum Gasteiger partial charge on any atom is 0.416 e. The van der Waals surface area contributed by atoms with Crippen molar-refractivity contribution in [3.05, 3.63) is 35.4 Å². The molecule has 7 heteroatoms. The second-order valence-corrected chi connectivity index (χ2v) is 5.69. The van der Waals surface area contributed by atoms with E-state index in [9.17, 15) is 18.0 Å². The lowest BCUT2D eigenvalue weighted by Crippen LogP contribution is -2.42. The lowest BCUT2D eigenvalue weighted by Gasteiger charge is -2.21. The van der Waals surface area contributed by atoms with Gasteiger partial charge in [0.05, 0.1) is 11.6 Å². The van der Waals surface area contributed by atoms with Crippen LogP contribution in [-0.4, -0.2) is 35.5 Å². The van der Waals surface area contributed by atoms with Crippen LogP contribution in [0.4, 0.5) is 13.2 Å². The molecule has 1 aromatic rings. The highest BCUT2D eigenvalue weighted by Crippen LogP contribution is 2.29. The highest BCUT2D eigenvalue weighted by atomic mass is 32.2. The Kier molecular flexibility index (Phi) is 4.59. The van der Waals surface area contributed by atoms with E-state index < -0.39 is 11.7 Å². The Bertz CT molecular complexity index is 469. The number of hydrogen-bond donors (Lipinski definition) is 1. The average Bonchev–Trinajstić information content (AvgIpc) is 2.91. The number of alkyl halides is 3. The number of hydrogen-bond acceptors (Lipinski definition) is 3. The van der Waals surface area contributed by atoms with Crippen molar-refractivity contribution in [2.75, 3.05) is 18.7 Å². The maximum absolute atomic E-state index is 12.4. The fourth-order valence-electron chi connectivity index (χ4n) is 1.97. The zero-order valence-electron chi connectivity index (χ0n) is 10.9. The fraction of sp³-hybridized carbons (Fsp3) is 0.462. The fourth-order valence-corrected chi connectivity index (χ4v) is 2.90. The highest BCUT2D eigenvalue weighted by molar-refractivity contribution is 7.99. The Balaban J connectivity index is 1.97. The summed E-state index contributed by atoms with van der Waals surface area (Å²) in [5.74, 6) is 1.45. The van der Waals surface area contributed by atoms with Crippen LogP contribution in [0.3, 0.4) is 0 Å². The molecule has 3 nitrogen and oxygen atoms in total. The molecule has 1 aliphatic heterocycles. The van der Waals surface area contributed by atoms with E-state index in [4.69, 9.17) is 0 Å². The summed E-state index contributed by atoms with van der Waals surface area (Å²) in [6.45, 7) is 0.305. The van der Waals surface area contributed by atoms with Crippen molar-refractivity contribution in [3.63, 3.8) is 0 Å². The molecule has 20 heavy (non-hydrogen) atoms. The smallest absolute Gasteiger partial charge is 0.340 e. The Morgan fingerprint density at radius 3 is 2.55 bits per heavy atom. The third-order valence-electron chi connectivity index (χ3n) is 3.09. The van der Waals surface area contributed by atoms with Crippen LogP contribution in [0.15, 0.2) is 24.3 Å². The molecule has 0 bridgehead atoms. The SMILES string of the molecule is CN(Cc1ccc(C(F)(F)F)cc1)C(=O)C1CSCN1. The Labute approximate surface area is 119 Å². The number of rotatable bonds is 3. The molecule has 1 N–H and O–H groups in total. The van der Waals surface area contributed by atoms with E-state index in [-0.39, 0.29) is 11.9 Å². The first-order valence-electron chi connectivity index (χ1n) is 6.10. The van der Waals surface area contributed by atoms with Crippen molar-refractivity contribution in [1.29, 1.82) is 0 Å². The molecule has 1 amide bonds. The van der Waals surface area contributed by atoms with Crippen molar-refractivity contribution in [3.8, 4) is 0 Å². The summed E-state index contributed by atoms with van der Waals surface area (Å²) in [5, 5.41) is 3.08. The van der Waals surface area contributed by atoms with Crippen molar-refractivity contribution in [1.82, 2.24) is 10.2 Å². The van der Waals surface area contributed by atoms with Gasteiger partial charge in [-0.25, -0.2) is 0 Å². The van der Waals surface area contributed by atoms with Gasteiger partial charge in [0.15, 0.2) is 0 Å². The predicted octanol–water partition coefficient (Wildman–Crippen LogP) is 2.33. The van der Waals surface area contributed by atoms with Crippen LogP contribution in [-0.2, 0) is 17.5 Å². The van der Waals surface area contributed by atoms with E-state index in [1.165, 1.54) is 17.0 Å².